The molecule has 118 valence electrons. The van der Waals surface area contributed by atoms with Crippen molar-refractivity contribution in [2.45, 2.75) is 6.42 Å². The Kier molecular flexibility index (Phi) is 4.83. The number of amides is 1. The van der Waals surface area contributed by atoms with E-state index >= 15 is 0 Å². The molecule has 1 N–H and O–H groups in total. The molecule has 1 amide bonds. The van der Waals surface area contributed by atoms with Gasteiger partial charge in [0.1, 0.15) is 0 Å². The molecule has 0 aliphatic carbocycles. The number of nitrogens with one attached hydrogen (secondary N) is 1. The van der Waals surface area contributed by atoms with Crippen LogP contribution >= 0.6 is 11.3 Å². The Hall–Kier alpha value is -2.47. The molecule has 3 rings (SSSR count). The lowest BCUT2D eigenvalue weighted by atomic mass is 10.2. The first-order valence-electron chi connectivity index (χ1n) is 7.46. The monoisotopic (exact) mass is 326 g/mol. The zero-order valence-electron chi connectivity index (χ0n) is 12.9. The third-order valence-electron chi connectivity index (χ3n) is 3.54. The molecule has 2 heterocycles. The number of benzene rings is 1. The van der Waals surface area contributed by atoms with Crippen molar-refractivity contribution in [3.63, 3.8) is 0 Å². The summed E-state index contributed by atoms with van der Waals surface area (Å²) < 4.78 is 1.12. The number of anilines is 1. The van der Waals surface area contributed by atoms with Gasteiger partial charge in [-0.25, -0.2) is 4.98 Å². The number of rotatable bonds is 6. The summed E-state index contributed by atoms with van der Waals surface area (Å²) in [6, 6.07) is 13.8. The fourth-order valence-corrected chi connectivity index (χ4v) is 3.05. The lowest BCUT2D eigenvalue weighted by Gasteiger charge is -2.17. The second kappa shape index (κ2) is 7.19. The minimum Gasteiger partial charge on any atom is -0.352 e. The van der Waals surface area contributed by atoms with Crippen molar-refractivity contribution >= 4 is 32.6 Å². The van der Waals surface area contributed by atoms with Gasteiger partial charge in [-0.3, -0.25) is 9.78 Å². The van der Waals surface area contributed by atoms with Gasteiger partial charge in [0.15, 0.2) is 5.13 Å². The summed E-state index contributed by atoms with van der Waals surface area (Å²) in [6.07, 6.45) is 2.52. The number of para-hydroxylation sites is 1. The first-order valence-corrected chi connectivity index (χ1v) is 8.27. The number of aromatic nitrogens is 2. The predicted molar refractivity (Wildman–Crippen MR) is 93.7 cm³/mol. The van der Waals surface area contributed by atoms with Crippen molar-refractivity contribution in [3.05, 3.63) is 54.4 Å². The quantitative estimate of drug-likeness (QED) is 0.757. The molecule has 0 aliphatic heterocycles. The highest BCUT2D eigenvalue weighted by molar-refractivity contribution is 7.22. The molecule has 0 radical (unpaired) electrons. The van der Waals surface area contributed by atoms with E-state index in [9.17, 15) is 4.79 Å². The van der Waals surface area contributed by atoms with Gasteiger partial charge in [0.25, 0.3) is 0 Å². The van der Waals surface area contributed by atoms with Crippen LogP contribution in [0.25, 0.3) is 10.2 Å². The van der Waals surface area contributed by atoms with Crippen molar-refractivity contribution in [3.8, 4) is 0 Å². The van der Waals surface area contributed by atoms with Gasteiger partial charge in [0.2, 0.25) is 5.91 Å². The van der Waals surface area contributed by atoms with Crippen LogP contribution in [0, 0.1) is 0 Å². The largest absolute Gasteiger partial charge is 0.352 e. The van der Waals surface area contributed by atoms with Gasteiger partial charge in [-0.2, -0.15) is 0 Å². The van der Waals surface area contributed by atoms with Crippen LogP contribution in [0.5, 0.6) is 0 Å². The molecule has 1 aromatic carbocycles. The first kappa shape index (κ1) is 15.4. The van der Waals surface area contributed by atoms with Gasteiger partial charge in [0.05, 0.1) is 16.8 Å². The highest BCUT2D eigenvalue weighted by Gasteiger charge is 2.10. The van der Waals surface area contributed by atoms with Crippen LogP contribution < -0.4 is 5.32 Å². The topological polar surface area (TPSA) is 58.1 Å². The summed E-state index contributed by atoms with van der Waals surface area (Å²) in [5.74, 6) is 0.0418. The molecule has 5 nitrogen and oxygen atoms in total. The molecule has 0 aliphatic rings. The minimum absolute atomic E-state index is 0.0418. The zero-order valence-corrected chi connectivity index (χ0v) is 13.7. The van der Waals surface area contributed by atoms with Crippen molar-refractivity contribution in [2.75, 3.05) is 25.5 Å². The number of carbonyl (C=O) groups excluding carboxylic acids is 1. The summed E-state index contributed by atoms with van der Waals surface area (Å²) in [7, 11) is 1.81. The van der Waals surface area contributed by atoms with Gasteiger partial charge in [-0.05, 0) is 24.3 Å². The van der Waals surface area contributed by atoms with E-state index in [1.54, 1.807) is 22.4 Å². The van der Waals surface area contributed by atoms with E-state index in [-0.39, 0.29) is 12.5 Å². The van der Waals surface area contributed by atoms with Crippen LogP contribution in [0.15, 0.2) is 48.7 Å². The second-order valence-electron chi connectivity index (χ2n) is 5.23. The standard InChI is InChI=1S/C17H18N4OS/c1-21(11-9-13-6-4-5-10-18-13)16(22)12-19-17-20-14-7-2-3-8-15(14)23-17/h2-8,10H,9,11-12H2,1H3,(H,19,20). The number of carbonyl (C=O) groups is 1. The van der Waals surface area contributed by atoms with Crippen molar-refractivity contribution in [1.82, 2.24) is 14.9 Å². The van der Waals surface area contributed by atoms with E-state index in [0.29, 0.717) is 6.54 Å². The Bertz CT molecular complexity index is 754. The highest BCUT2D eigenvalue weighted by Crippen LogP contribution is 2.25. The highest BCUT2D eigenvalue weighted by atomic mass is 32.1. The summed E-state index contributed by atoms with van der Waals surface area (Å²) in [5, 5.41) is 3.89. The molecular formula is C17H18N4OS. The third kappa shape index (κ3) is 4.04. The Morgan fingerprint density at radius 1 is 1.22 bits per heavy atom. The molecule has 3 aromatic rings. The Labute approximate surface area is 139 Å². The predicted octanol–water partition coefficient (Wildman–Crippen LogP) is 2.80. The number of hydrogen-bond donors (Lipinski definition) is 1. The Morgan fingerprint density at radius 2 is 2.04 bits per heavy atom. The average molecular weight is 326 g/mol. The number of likely N-dealkylation sites (N-methyl/N-ethyl adjacent to an activating group) is 1. The summed E-state index contributed by atoms with van der Waals surface area (Å²) in [4.78, 5) is 22.6. The molecule has 2 aromatic heterocycles. The fourth-order valence-electron chi connectivity index (χ4n) is 2.19. The fraction of sp³-hybridized carbons (Fsp3) is 0.235. The minimum atomic E-state index is 0.0418. The third-order valence-corrected chi connectivity index (χ3v) is 4.53. The van der Waals surface area contributed by atoms with Gasteiger partial charge in [0, 0.05) is 31.9 Å². The van der Waals surface area contributed by atoms with Crippen LogP contribution in [0.4, 0.5) is 5.13 Å². The lowest BCUT2D eigenvalue weighted by molar-refractivity contribution is -0.128. The summed E-state index contributed by atoms with van der Waals surface area (Å²) >= 11 is 1.56. The number of hydrogen-bond acceptors (Lipinski definition) is 5. The van der Waals surface area contributed by atoms with Crippen LogP contribution in [0.3, 0.4) is 0 Å². The number of pyridine rings is 1. The van der Waals surface area contributed by atoms with E-state index < -0.39 is 0 Å². The number of fused-ring (bicyclic) bond motifs is 1. The molecule has 6 heteroatoms. The molecule has 0 saturated heterocycles. The van der Waals surface area contributed by atoms with E-state index in [1.807, 2.05) is 49.5 Å². The van der Waals surface area contributed by atoms with E-state index in [4.69, 9.17) is 0 Å². The van der Waals surface area contributed by atoms with Crippen molar-refractivity contribution in [2.24, 2.45) is 0 Å². The maximum absolute atomic E-state index is 12.2. The maximum Gasteiger partial charge on any atom is 0.241 e. The van der Waals surface area contributed by atoms with Gasteiger partial charge >= 0.3 is 0 Å². The van der Waals surface area contributed by atoms with E-state index in [1.165, 1.54) is 0 Å². The van der Waals surface area contributed by atoms with Crippen LogP contribution in [-0.2, 0) is 11.2 Å². The summed E-state index contributed by atoms with van der Waals surface area (Å²) in [5.41, 5.74) is 1.95. The van der Waals surface area contributed by atoms with E-state index in [0.717, 1.165) is 27.5 Å². The second-order valence-corrected chi connectivity index (χ2v) is 6.26. The molecule has 0 atom stereocenters. The average Bonchev–Trinajstić information content (AvgIpc) is 3.01. The van der Waals surface area contributed by atoms with Crippen molar-refractivity contribution in [1.29, 1.82) is 0 Å². The molecule has 0 unspecified atom stereocenters. The maximum atomic E-state index is 12.2. The van der Waals surface area contributed by atoms with Gasteiger partial charge in [-0.1, -0.05) is 29.5 Å². The number of nitrogens with zero attached hydrogens (tertiary/aromatic N) is 3. The number of thiazole rings is 1. The SMILES string of the molecule is CN(CCc1ccccn1)C(=O)CNc1nc2ccccc2s1. The molecule has 0 saturated carbocycles. The Morgan fingerprint density at radius 3 is 2.83 bits per heavy atom. The van der Waals surface area contributed by atoms with Crippen LogP contribution in [0.2, 0.25) is 0 Å². The van der Waals surface area contributed by atoms with Gasteiger partial charge < -0.3 is 10.2 Å². The van der Waals surface area contributed by atoms with Crippen LogP contribution in [0.1, 0.15) is 5.69 Å². The van der Waals surface area contributed by atoms with Gasteiger partial charge in [-0.15, -0.1) is 0 Å². The smallest absolute Gasteiger partial charge is 0.241 e. The summed E-state index contributed by atoms with van der Waals surface area (Å²) in [6.45, 7) is 0.899. The first-order chi connectivity index (χ1) is 11.2. The molecule has 0 spiro atoms. The molecule has 23 heavy (non-hydrogen) atoms. The molecule has 0 fully saturated rings. The zero-order chi connectivity index (χ0) is 16.1. The van der Waals surface area contributed by atoms with E-state index in [2.05, 4.69) is 15.3 Å². The molecular weight excluding hydrogens is 308 g/mol. The lowest BCUT2D eigenvalue weighted by Crippen LogP contribution is -2.33. The normalized spacial score (nSPS) is 10.7. The molecule has 0 bridgehead atoms. The van der Waals surface area contributed by atoms with Crippen LogP contribution in [-0.4, -0.2) is 40.9 Å². The van der Waals surface area contributed by atoms with Crippen molar-refractivity contribution < 1.29 is 4.79 Å². The Balaban J connectivity index is 1.50.